The van der Waals surface area contributed by atoms with E-state index in [1.54, 1.807) is 30.3 Å². The van der Waals surface area contributed by atoms with Gasteiger partial charge in [0.25, 0.3) is 5.91 Å². The van der Waals surface area contributed by atoms with Gasteiger partial charge in [-0.15, -0.1) is 0 Å². The van der Waals surface area contributed by atoms with Crippen molar-refractivity contribution in [2.75, 3.05) is 0 Å². The lowest BCUT2D eigenvalue weighted by molar-refractivity contribution is -0.124. The van der Waals surface area contributed by atoms with Crippen LogP contribution in [-0.4, -0.2) is 16.9 Å². The van der Waals surface area contributed by atoms with Crippen molar-refractivity contribution >= 4 is 35.4 Å². The fraction of sp³-hybridized carbons (Fsp3) is 0. The van der Waals surface area contributed by atoms with Crippen LogP contribution in [0.25, 0.3) is 12.2 Å². The molecule has 2 rings (SSSR count). The van der Waals surface area contributed by atoms with Gasteiger partial charge < -0.3 is 0 Å². The van der Waals surface area contributed by atoms with E-state index in [0.717, 1.165) is 6.08 Å². The van der Waals surface area contributed by atoms with Crippen molar-refractivity contribution in [3.63, 3.8) is 0 Å². The Labute approximate surface area is 142 Å². The van der Waals surface area contributed by atoms with E-state index in [9.17, 15) is 14.0 Å². The summed E-state index contributed by atoms with van der Waals surface area (Å²) in [7, 11) is 0. The van der Waals surface area contributed by atoms with Gasteiger partial charge in [0.1, 0.15) is 5.82 Å². The Morgan fingerprint density at radius 1 is 1.04 bits per heavy atom. The number of ketones is 1. The summed E-state index contributed by atoms with van der Waals surface area (Å²) in [6, 6.07) is 10.7. The maximum Gasteiger partial charge on any atom is 0.267 e. The Morgan fingerprint density at radius 3 is 2.38 bits per heavy atom. The molecule has 0 aliphatic rings. The van der Waals surface area contributed by atoms with Crippen LogP contribution in [0.15, 0.2) is 54.6 Å². The van der Waals surface area contributed by atoms with Crippen molar-refractivity contribution in [3.8, 4) is 0 Å². The van der Waals surface area contributed by atoms with E-state index in [1.807, 2.05) is 0 Å². The molecule has 6 heteroatoms. The average Bonchev–Trinajstić information content (AvgIpc) is 2.59. The molecule has 0 aromatic heterocycles. The van der Waals surface area contributed by atoms with Crippen LogP contribution in [0, 0.1) is 5.82 Å². The Morgan fingerprint density at radius 2 is 1.75 bits per heavy atom. The number of carbonyl (C=O) groups excluding carboxylic acids is 2. The molecule has 1 amide bonds. The minimum atomic E-state index is -0.715. The van der Waals surface area contributed by atoms with Crippen LogP contribution in [-0.2, 0) is 4.79 Å². The summed E-state index contributed by atoms with van der Waals surface area (Å²) < 4.78 is 14.0. The van der Waals surface area contributed by atoms with Crippen molar-refractivity contribution in [2.24, 2.45) is 0 Å². The van der Waals surface area contributed by atoms with E-state index < -0.39 is 11.7 Å². The van der Waals surface area contributed by atoms with Crippen LogP contribution < -0.4 is 5.48 Å². The lowest BCUT2D eigenvalue weighted by Gasteiger charge is -2.00. The molecule has 0 heterocycles. The summed E-state index contributed by atoms with van der Waals surface area (Å²) >= 11 is 5.76. The van der Waals surface area contributed by atoms with Crippen LogP contribution >= 0.6 is 11.6 Å². The van der Waals surface area contributed by atoms with Crippen molar-refractivity contribution in [1.82, 2.24) is 5.48 Å². The van der Waals surface area contributed by atoms with Gasteiger partial charge in [0.15, 0.2) is 5.78 Å². The van der Waals surface area contributed by atoms with Gasteiger partial charge in [-0.05, 0) is 54.1 Å². The number of hydroxylamine groups is 1. The molecule has 0 fully saturated rings. The third kappa shape index (κ3) is 4.87. The number of hydrogen-bond donors (Lipinski definition) is 2. The van der Waals surface area contributed by atoms with Crippen molar-refractivity contribution < 1.29 is 19.2 Å². The van der Waals surface area contributed by atoms with E-state index in [1.165, 1.54) is 35.8 Å². The fourth-order valence-electron chi connectivity index (χ4n) is 1.87. The van der Waals surface area contributed by atoms with Crippen LogP contribution in [0.4, 0.5) is 4.39 Å². The third-order valence-electron chi connectivity index (χ3n) is 3.10. The summed E-state index contributed by atoms with van der Waals surface area (Å²) in [5.74, 6) is -1.52. The molecule has 24 heavy (non-hydrogen) atoms. The maximum atomic E-state index is 14.0. The van der Waals surface area contributed by atoms with E-state index in [-0.39, 0.29) is 11.3 Å². The number of halogens is 2. The summed E-state index contributed by atoms with van der Waals surface area (Å²) in [4.78, 5) is 22.9. The molecule has 122 valence electrons. The second-order valence-corrected chi connectivity index (χ2v) is 5.23. The van der Waals surface area contributed by atoms with E-state index >= 15 is 0 Å². The standard InChI is InChI=1S/C18H13ClFNO3/c19-15-7-4-14(5-8-15)17(22)9-6-13-3-1-12(11-16(13)20)2-10-18(23)21-24/h1-11,24H,(H,21,23)/b9-6+,10-2+. The van der Waals surface area contributed by atoms with Crippen LogP contribution in [0.5, 0.6) is 0 Å². The number of carbonyl (C=O) groups is 2. The number of allylic oxidation sites excluding steroid dienone is 1. The van der Waals surface area contributed by atoms with Crippen molar-refractivity contribution in [3.05, 3.63) is 82.1 Å². The molecule has 0 saturated heterocycles. The highest BCUT2D eigenvalue weighted by Gasteiger charge is 2.04. The second kappa shape index (κ2) is 8.19. The molecule has 0 aliphatic heterocycles. The highest BCUT2D eigenvalue weighted by atomic mass is 35.5. The van der Waals surface area contributed by atoms with Gasteiger partial charge in [-0.2, -0.15) is 0 Å². The Kier molecular flexibility index (Phi) is 6.01. The highest BCUT2D eigenvalue weighted by Crippen LogP contribution is 2.15. The molecule has 2 aromatic rings. The largest absolute Gasteiger partial charge is 0.289 e. The molecule has 2 aromatic carbocycles. The summed E-state index contributed by atoms with van der Waals surface area (Å²) in [5.41, 5.74) is 2.57. The monoisotopic (exact) mass is 345 g/mol. The van der Waals surface area contributed by atoms with Gasteiger partial charge in [-0.25, -0.2) is 9.87 Å². The quantitative estimate of drug-likeness (QED) is 0.374. The fourth-order valence-corrected chi connectivity index (χ4v) is 1.99. The lowest BCUT2D eigenvalue weighted by atomic mass is 10.1. The molecular formula is C18H13ClFNO3. The number of benzene rings is 2. The topological polar surface area (TPSA) is 66.4 Å². The Bertz CT molecular complexity index is 814. The van der Waals surface area contributed by atoms with Crippen molar-refractivity contribution in [1.29, 1.82) is 0 Å². The zero-order chi connectivity index (χ0) is 17.5. The Balaban J connectivity index is 2.12. The summed E-state index contributed by atoms with van der Waals surface area (Å²) in [6.07, 6.45) is 5.06. The molecule has 0 unspecified atom stereocenters. The Hall–Kier alpha value is -2.76. The SMILES string of the molecule is O=C(/C=C/c1ccc(/C=C/C(=O)c2ccc(Cl)cc2)c(F)c1)NO. The van der Waals surface area contributed by atoms with Gasteiger partial charge in [0.2, 0.25) is 0 Å². The number of nitrogens with one attached hydrogen (secondary N) is 1. The van der Waals surface area contributed by atoms with Crippen molar-refractivity contribution in [2.45, 2.75) is 0 Å². The molecule has 0 spiro atoms. The second-order valence-electron chi connectivity index (χ2n) is 4.79. The zero-order valence-corrected chi connectivity index (χ0v) is 13.1. The number of amides is 1. The molecule has 0 radical (unpaired) electrons. The van der Waals surface area contributed by atoms with Crippen LogP contribution in [0.1, 0.15) is 21.5 Å². The molecule has 4 nitrogen and oxygen atoms in total. The van der Waals surface area contributed by atoms with Gasteiger partial charge in [-0.1, -0.05) is 23.7 Å². The summed E-state index contributed by atoms with van der Waals surface area (Å²) in [5, 5.41) is 8.90. The van der Waals surface area contributed by atoms with E-state index in [4.69, 9.17) is 16.8 Å². The number of rotatable bonds is 5. The van der Waals surface area contributed by atoms with E-state index in [2.05, 4.69) is 0 Å². The smallest absolute Gasteiger partial charge is 0.267 e. The maximum absolute atomic E-state index is 14.0. The van der Waals surface area contributed by atoms with Gasteiger partial charge >= 0.3 is 0 Å². The molecule has 0 bridgehead atoms. The molecule has 0 aliphatic carbocycles. The lowest BCUT2D eigenvalue weighted by Crippen LogP contribution is -2.14. The average molecular weight is 346 g/mol. The normalized spacial score (nSPS) is 11.1. The first-order chi connectivity index (χ1) is 11.5. The molecule has 0 atom stereocenters. The first-order valence-electron chi connectivity index (χ1n) is 6.89. The van der Waals surface area contributed by atoms with Gasteiger partial charge in [0, 0.05) is 22.2 Å². The minimum absolute atomic E-state index is 0.237. The minimum Gasteiger partial charge on any atom is -0.289 e. The van der Waals surface area contributed by atoms with E-state index in [0.29, 0.717) is 16.1 Å². The molecule has 2 N–H and O–H groups in total. The first kappa shape index (κ1) is 17.6. The molecule has 0 saturated carbocycles. The highest BCUT2D eigenvalue weighted by molar-refractivity contribution is 6.30. The number of hydrogen-bond acceptors (Lipinski definition) is 3. The molecular weight excluding hydrogens is 333 g/mol. The summed E-state index contributed by atoms with van der Waals surface area (Å²) in [6.45, 7) is 0. The zero-order valence-electron chi connectivity index (χ0n) is 12.4. The third-order valence-corrected chi connectivity index (χ3v) is 3.36. The van der Waals surface area contributed by atoms with Crippen LogP contribution in [0.3, 0.4) is 0 Å². The van der Waals surface area contributed by atoms with Gasteiger partial charge in [-0.3, -0.25) is 14.8 Å². The predicted molar refractivity (Wildman–Crippen MR) is 90.2 cm³/mol. The first-order valence-corrected chi connectivity index (χ1v) is 7.27. The predicted octanol–water partition coefficient (Wildman–Crippen LogP) is 3.89. The van der Waals surface area contributed by atoms with Gasteiger partial charge in [0.05, 0.1) is 0 Å². The van der Waals surface area contributed by atoms with Crippen LogP contribution in [0.2, 0.25) is 5.02 Å².